The van der Waals surface area contributed by atoms with Gasteiger partial charge in [-0.05, 0) is 34.3 Å². The van der Waals surface area contributed by atoms with Crippen molar-refractivity contribution >= 4 is 15.9 Å². The van der Waals surface area contributed by atoms with Crippen LogP contribution >= 0.6 is 15.9 Å². The summed E-state index contributed by atoms with van der Waals surface area (Å²) in [7, 11) is 1.58. The molecule has 0 saturated carbocycles. The van der Waals surface area contributed by atoms with Crippen molar-refractivity contribution in [1.29, 1.82) is 0 Å². The first-order valence-electron chi connectivity index (χ1n) is 4.19. The third-order valence-electron chi connectivity index (χ3n) is 1.58. The summed E-state index contributed by atoms with van der Waals surface area (Å²) in [5, 5.41) is 7.98. The molecule has 3 nitrogen and oxygen atoms in total. The minimum absolute atomic E-state index is 0.535. The zero-order valence-corrected chi connectivity index (χ0v) is 9.63. The van der Waals surface area contributed by atoms with Gasteiger partial charge in [0.05, 0.1) is 17.3 Å². The van der Waals surface area contributed by atoms with E-state index in [1.165, 1.54) is 0 Å². The number of hydrogen-bond acceptors (Lipinski definition) is 3. The first-order chi connectivity index (χ1) is 6.13. The molecule has 1 rings (SSSR count). The summed E-state index contributed by atoms with van der Waals surface area (Å²) < 4.78 is 5.85. The van der Waals surface area contributed by atoms with E-state index in [-0.39, 0.29) is 0 Å². The van der Waals surface area contributed by atoms with Gasteiger partial charge in [0, 0.05) is 0 Å². The Bertz CT molecular complexity index is 289. The van der Waals surface area contributed by atoms with Crippen LogP contribution in [0.4, 0.5) is 0 Å². The third kappa shape index (κ3) is 2.95. The summed E-state index contributed by atoms with van der Waals surface area (Å²) in [5.74, 6) is 1.13. The molecule has 0 fully saturated rings. The van der Waals surface area contributed by atoms with E-state index in [4.69, 9.17) is 4.74 Å². The van der Waals surface area contributed by atoms with Crippen molar-refractivity contribution in [2.45, 2.75) is 20.3 Å². The zero-order chi connectivity index (χ0) is 9.84. The molecule has 0 aliphatic carbocycles. The molecule has 0 saturated heterocycles. The second-order valence-corrected chi connectivity index (χ2v) is 4.15. The Morgan fingerprint density at radius 2 is 2.15 bits per heavy atom. The standard InChI is InChI=1S/C9H13BrN2O/c1-6(2)4-7-5-8(10)9(13-3)12-11-7/h5-6H,4H2,1-3H3. The Hall–Kier alpha value is -0.640. The summed E-state index contributed by atoms with van der Waals surface area (Å²) in [6.07, 6.45) is 0.940. The normalized spacial score (nSPS) is 10.5. The van der Waals surface area contributed by atoms with Gasteiger partial charge in [-0.25, -0.2) is 0 Å². The number of halogens is 1. The van der Waals surface area contributed by atoms with Crippen LogP contribution < -0.4 is 4.74 Å². The second-order valence-electron chi connectivity index (χ2n) is 3.29. The van der Waals surface area contributed by atoms with E-state index in [2.05, 4.69) is 40.0 Å². The lowest BCUT2D eigenvalue weighted by Crippen LogP contribution is -2.00. The predicted octanol–water partition coefficient (Wildman–Crippen LogP) is 2.45. The number of nitrogens with zero attached hydrogens (tertiary/aromatic N) is 2. The van der Waals surface area contributed by atoms with Crippen LogP contribution in [0.3, 0.4) is 0 Å². The van der Waals surface area contributed by atoms with E-state index >= 15 is 0 Å². The lowest BCUT2D eigenvalue weighted by molar-refractivity contribution is 0.387. The molecule has 0 bridgehead atoms. The van der Waals surface area contributed by atoms with Crippen LogP contribution in [0.1, 0.15) is 19.5 Å². The van der Waals surface area contributed by atoms with Crippen LogP contribution in [-0.4, -0.2) is 17.3 Å². The molecule has 1 aromatic rings. The van der Waals surface area contributed by atoms with E-state index in [0.29, 0.717) is 11.8 Å². The average Bonchev–Trinajstić information content (AvgIpc) is 2.03. The first-order valence-corrected chi connectivity index (χ1v) is 4.99. The highest BCUT2D eigenvalue weighted by Crippen LogP contribution is 2.21. The predicted molar refractivity (Wildman–Crippen MR) is 54.8 cm³/mol. The number of rotatable bonds is 3. The fourth-order valence-corrected chi connectivity index (χ4v) is 1.56. The molecule has 13 heavy (non-hydrogen) atoms. The van der Waals surface area contributed by atoms with Crippen molar-refractivity contribution in [1.82, 2.24) is 10.2 Å². The van der Waals surface area contributed by atoms with Gasteiger partial charge < -0.3 is 4.74 Å². The van der Waals surface area contributed by atoms with Crippen molar-refractivity contribution in [3.8, 4) is 5.88 Å². The molecular formula is C9H13BrN2O. The quantitative estimate of drug-likeness (QED) is 0.820. The summed E-state index contributed by atoms with van der Waals surface area (Å²) in [5.41, 5.74) is 0.989. The highest BCUT2D eigenvalue weighted by atomic mass is 79.9. The topological polar surface area (TPSA) is 35.0 Å². The van der Waals surface area contributed by atoms with Gasteiger partial charge in [-0.2, -0.15) is 5.10 Å². The maximum absolute atomic E-state index is 4.98. The van der Waals surface area contributed by atoms with Gasteiger partial charge in [-0.15, -0.1) is 5.10 Å². The summed E-state index contributed by atoms with van der Waals surface area (Å²) in [6, 6.07) is 1.95. The maximum atomic E-state index is 4.98. The van der Waals surface area contributed by atoms with Crippen LogP contribution in [0.2, 0.25) is 0 Å². The Kier molecular flexibility index (Phi) is 3.66. The largest absolute Gasteiger partial charge is 0.479 e. The van der Waals surface area contributed by atoms with Gasteiger partial charge in [0.2, 0.25) is 5.88 Å². The van der Waals surface area contributed by atoms with Crippen LogP contribution in [0.5, 0.6) is 5.88 Å². The Morgan fingerprint density at radius 1 is 1.46 bits per heavy atom. The molecule has 0 aliphatic heterocycles. The van der Waals surface area contributed by atoms with Gasteiger partial charge in [0.25, 0.3) is 0 Å². The van der Waals surface area contributed by atoms with Crippen LogP contribution in [0.25, 0.3) is 0 Å². The molecule has 72 valence electrons. The Morgan fingerprint density at radius 3 is 2.62 bits per heavy atom. The highest BCUT2D eigenvalue weighted by molar-refractivity contribution is 9.10. The molecule has 0 unspecified atom stereocenters. The van der Waals surface area contributed by atoms with Crippen molar-refractivity contribution in [3.05, 3.63) is 16.2 Å². The molecule has 1 heterocycles. The number of ether oxygens (including phenoxy) is 1. The maximum Gasteiger partial charge on any atom is 0.247 e. The minimum atomic E-state index is 0.535. The van der Waals surface area contributed by atoms with Crippen molar-refractivity contribution in [3.63, 3.8) is 0 Å². The summed E-state index contributed by atoms with van der Waals surface area (Å²) >= 11 is 3.37. The van der Waals surface area contributed by atoms with Gasteiger partial charge >= 0.3 is 0 Å². The smallest absolute Gasteiger partial charge is 0.247 e. The highest BCUT2D eigenvalue weighted by Gasteiger charge is 2.05. The fourth-order valence-electron chi connectivity index (χ4n) is 1.05. The van der Waals surface area contributed by atoms with Crippen LogP contribution in [0.15, 0.2) is 10.5 Å². The van der Waals surface area contributed by atoms with E-state index in [0.717, 1.165) is 16.6 Å². The van der Waals surface area contributed by atoms with E-state index in [9.17, 15) is 0 Å². The molecule has 1 aromatic heterocycles. The minimum Gasteiger partial charge on any atom is -0.479 e. The van der Waals surface area contributed by atoms with Crippen molar-refractivity contribution < 1.29 is 4.74 Å². The second kappa shape index (κ2) is 4.56. The first kappa shape index (κ1) is 10.4. The van der Waals surface area contributed by atoms with E-state index in [1.54, 1.807) is 7.11 Å². The number of hydrogen-bond donors (Lipinski definition) is 0. The summed E-state index contributed by atoms with van der Waals surface area (Å²) in [4.78, 5) is 0. The number of aromatic nitrogens is 2. The molecule has 0 spiro atoms. The van der Waals surface area contributed by atoms with Gasteiger partial charge in [0.15, 0.2) is 0 Å². The Balaban J connectivity index is 2.83. The van der Waals surface area contributed by atoms with Gasteiger partial charge in [-0.3, -0.25) is 0 Å². The van der Waals surface area contributed by atoms with Crippen LogP contribution in [-0.2, 0) is 6.42 Å². The van der Waals surface area contributed by atoms with Crippen molar-refractivity contribution in [2.75, 3.05) is 7.11 Å². The van der Waals surface area contributed by atoms with Crippen molar-refractivity contribution in [2.24, 2.45) is 5.92 Å². The third-order valence-corrected chi connectivity index (χ3v) is 2.15. The molecule has 4 heteroatoms. The lowest BCUT2D eigenvalue weighted by atomic mass is 10.1. The molecule has 0 aliphatic rings. The molecular weight excluding hydrogens is 232 g/mol. The fraction of sp³-hybridized carbons (Fsp3) is 0.556. The number of methoxy groups -OCH3 is 1. The average molecular weight is 245 g/mol. The Labute approximate surface area is 86.6 Å². The monoisotopic (exact) mass is 244 g/mol. The molecule has 0 amide bonds. The zero-order valence-electron chi connectivity index (χ0n) is 8.04. The van der Waals surface area contributed by atoms with Gasteiger partial charge in [-0.1, -0.05) is 13.8 Å². The van der Waals surface area contributed by atoms with Gasteiger partial charge in [0.1, 0.15) is 0 Å². The summed E-state index contributed by atoms with van der Waals surface area (Å²) in [6.45, 7) is 4.31. The molecule has 0 atom stereocenters. The molecule has 0 radical (unpaired) electrons. The molecule has 0 N–H and O–H groups in total. The molecule has 0 aromatic carbocycles. The SMILES string of the molecule is COc1nnc(CC(C)C)cc1Br. The van der Waals surface area contributed by atoms with E-state index in [1.807, 2.05) is 6.07 Å². The lowest BCUT2D eigenvalue weighted by Gasteiger charge is -2.05. The van der Waals surface area contributed by atoms with Crippen LogP contribution in [0, 0.1) is 5.92 Å². The van der Waals surface area contributed by atoms with E-state index < -0.39 is 0 Å².